The Labute approximate surface area is 109 Å². The van der Waals surface area contributed by atoms with E-state index in [1.807, 2.05) is 18.2 Å². The molecule has 1 aromatic carbocycles. The van der Waals surface area contributed by atoms with Crippen molar-refractivity contribution in [3.63, 3.8) is 0 Å². The molecule has 94 valence electrons. The number of nitrogens with zero attached hydrogens (tertiary/aromatic N) is 2. The van der Waals surface area contributed by atoms with Gasteiger partial charge >= 0.3 is 0 Å². The first kappa shape index (κ1) is 11.6. The number of nitrogens with two attached hydrogens (primary N) is 1. The highest BCUT2D eigenvalue weighted by Crippen LogP contribution is 2.30. The summed E-state index contributed by atoms with van der Waals surface area (Å²) < 4.78 is 11.2. The number of thioether (sulfide) groups is 1. The van der Waals surface area contributed by atoms with Crippen LogP contribution in [-0.4, -0.2) is 22.1 Å². The van der Waals surface area contributed by atoms with Crippen LogP contribution < -0.4 is 10.5 Å². The molecule has 1 aromatic heterocycles. The van der Waals surface area contributed by atoms with Crippen LogP contribution in [-0.2, 0) is 13.0 Å². The van der Waals surface area contributed by atoms with Gasteiger partial charge in [-0.3, -0.25) is 0 Å². The first-order valence-electron chi connectivity index (χ1n) is 5.75. The summed E-state index contributed by atoms with van der Waals surface area (Å²) in [4.78, 5) is 0. The SMILES string of the molecule is NCc1nnc(SCC2Cc3ccccc3O2)o1. The summed E-state index contributed by atoms with van der Waals surface area (Å²) in [6, 6.07) is 8.11. The maximum absolute atomic E-state index is 5.83. The van der Waals surface area contributed by atoms with E-state index in [-0.39, 0.29) is 12.6 Å². The summed E-state index contributed by atoms with van der Waals surface area (Å²) >= 11 is 1.50. The lowest BCUT2D eigenvalue weighted by molar-refractivity contribution is 0.259. The third-order valence-corrected chi connectivity index (χ3v) is 3.68. The van der Waals surface area contributed by atoms with E-state index in [0.29, 0.717) is 11.1 Å². The highest BCUT2D eigenvalue weighted by molar-refractivity contribution is 7.99. The van der Waals surface area contributed by atoms with Gasteiger partial charge in [-0.1, -0.05) is 30.0 Å². The summed E-state index contributed by atoms with van der Waals surface area (Å²) in [7, 11) is 0. The number of ether oxygens (including phenoxy) is 1. The fraction of sp³-hybridized carbons (Fsp3) is 0.333. The minimum atomic E-state index is 0.167. The average molecular weight is 263 g/mol. The Balaban J connectivity index is 1.57. The van der Waals surface area contributed by atoms with E-state index < -0.39 is 0 Å². The first-order chi connectivity index (χ1) is 8.85. The lowest BCUT2D eigenvalue weighted by Crippen LogP contribution is -2.15. The molecule has 0 aliphatic carbocycles. The molecule has 0 saturated heterocycles. The van der Waals surface area contributed by atoms with Crippen LogP contribution in [0.4, 0.5) is 0 Å². The van der Waals surface area contributed by atoms with Crippen molar-refractivity contribution in [3.05, 3.63) is 35.7 Å². The Morgan fingerprint density at radius 1 is 1.33 bits per heavy atom. The predicted octanol–water partition coefficient (Wildman–Crippen LogP) is 1.62. The van der Waals surface area contributed by atoms with E-state index in [4.69, 9.17) is 14.9 Å². The van der Waals surface area contributed by atoms with Crippen molar-refractivity contribution in [3.8, 4) is 5.75 Å². The molecule has 3 rings (SSSR count). The normalized spacial score (nSPS) is 17.5. The molecular weight excluding hydrogens is 250 g/mol. The lowest BCUT2D eigenvalue weighted by atomic mass is 10.1. The standard InChI is InChI=1S/C12H13N3O2S/c13-6-11-14-15-12(17-11)18-7-9-5-8-3-1-2-4-10(8)16-9/h1-4,9H,5-7,13H2. The Hall–Kier alpha value is -1.53. The second-order valence-corrected chi connectivity index (χ2v) is 5.00. The third-order valence-electron chi connectivity index (χ3n) is 2.73. The van der Waals surface area contributed by atoms with Gasteiger partial charge in [-0.05, 0) is 11.6 Å². The van der Waals surface area contributed by atoms with Crippen LogP contribution in [0.25, 0.3) is 0 Å². The van der Waals surface area contributed by atoms with Gasteiger partial charge in [0, 0.05) is 12.2 Å². The minimum absolute atomic E-state index is 0.167. The monoisotopic (exact) mass is 263 g/mol. The van der Waals surface area contributed by atoms with Crippen molar-refractivity contribution >= 4 is 11.8 Å². The van der Waals surface area contributed by atoms with Crippen molar-refractivity contribution < 1.29 is 9.15 Å². The fourth-order valence-corrected chi connectivity index (χ4v) is 2.66. The molecule has 0 amide bonds. The molecule has 5 nitrogen and oxygen atoms in total. The fourth-order valence-electron chi connectivity index (χ4n) is 1.89. The number of rotatable bonds is 4. The topological polar surface area (TPSA) is 74.2 Å². The van der Waals surface area contributed by atoms with Crippen molar-refractivity contribution in [1.82, 2.24) is 10.2 Å². The summed E-state index contributed by atoms with van der Waals surface area (Å²) in [5, 5.41) is 8.27. The quantitative estimate of drug-likeness (QED) is 0.845. The van der Waals surface area contributed by atoms with Crippen LogP contribution in [0.1, 0.15) is 11.5 Å². The van der Waals surface area contributed by atoms with Crippen molar-refractivity contribution in [2.45, 2.75) is 24.3 Å². The average Bonchev–Trinajstić information content (AvgIpc) is 3.02. The molecule has 0 saturated carbocycles. The smallest absolute Gasteiger partial charge is 0.276 e. The third kappa shape index (κ3) is 2.34. The van der Waals surface area contributed by atoms with Crippen LogP contribution in [0.3, 0.4) is 0 Å². The molecular formula is C12H13N3O2S. The van der Waals surface area contributed by atoms with Crippen LogP contribution in [0.15, 0.2) is 33.9 Å². The predicted molar refractivity (Wildman–Crippen MR) is 67.5 cm³/mol. The summed E-state index contributed by atoms with van der Waals surface area (Å²) in [6.45, 7) is 0.277. The Kier molecular flexibility index (Phi) is 3.21. The molecule has 1 aliphatic heterocycles. The van der Waals surface area contributed by atoms with Crippen molar-refractivity contribution in [2.24, 2.45) is 5.73 Å². The number of hydrogen-bond acceptors (Lipinski definition) is 6. The van der Waals surface area contributed by atoms with Crippen LogP contribution in [0, 0.1) is 0 Å². The summed E-state index contributed by atoms with van der Waals surface area (Å²) in [6.07, 6.45) is 1.10. The van der Waals surface area contributed by atoms with Gasteiger partial charge in [0.1, 0.15) is 11.9 Å². The second-order valence-electron chi connectivity index (χ2n) is 4.03. The van der Waals surface area contributed by atoms with E-state index >= 15 is 0 Å². The van der Waals surface area contributed by atoms with Crippen molar-refractivity contribution in [1.29, 1.82) is 0 Å². The number of hydrogen-bond donors (Lipinski definition) is 1. The molecule has 0 radical (unpaired) electrons. The largest absolute Gasteiger partial charge is 0.489 e. The maximum Gasteiger partial charge on any atom is 0.276 e. The van der Waals surface area contributed by atoms with Gasteiger partial charge in [-0.2, -0.15) is 0 Å². The van der Waals surface area contributed by atoms with Gasteiger partial charge in [0.15, 0.2) is 0 Å². The molecule has 2 heterocycles. The van der Waals surface area contributed by atoms with E-state index in [1.165, 1.54) is 17.3 Å². The molecule has 0 spiro atoms. The van der Waals surface area contributed by atoms with Gasteiger partial charge in [0.2, 0.25) is 5.89 Å². The van der Waals surface area contributed by atoms with E-state index in [9.17, 15) is 0 Å². The summed E-state index contributed by atoms with van der Waals surface area (Å²) in [5.74, 6) is 2.24. The molecule has 1 atom stereocenters. The van der Waals surface area contributed by atoms with E-state index in [0.717, 1.165) is 17.9 Å². The second kappa shape index (κ2) is 4.99. The zero-order valence-electron chi connectivity index (χ0n) is 9.70. The van der Waals surface area contributed by atoms with Crippen LogP contribution in [0.5, 0.6) is 5.75 Å². The van der Waals surface area contributed by atoms with Crippen LogP contribution >= 0.6 is 11.8 Å². The lowest BCUT2D eigenvalue weighted by Gasteiger charge is -2.07. The Morgan fingerprint density at radius 2 is 2.22 bits per heavy atom. The maximum atomic E-state index is 5.83. The number of fused-ring (bicyclic) bond motifs is 1. The molecule has 2 N–H and O–H groups in total. The van der Waals surface area contributed by atoms with Gasteiger partial charge < -0.3 is 14.9 Å². The summed E-state index contributed by atoms with van der Waals surface area (Å²) in [5.41, 5.74) is 6.67. The zero-order valence-corrected chi connectivity index (χ0v) is 10.5. The highest BCUT2D eigenvalue weighted by Gasteiger charge is 2.23. The highest BCUT2D eigenvalue weighted by atomic mass is 32.2. The Morgan fingerprint density at radius 3 is 3.00 bits per heavy atom. The zero-order chi connectivity index (χ0) is 12.4. The number of benzene rings is 1. The molecule has 0 bridgehead atoms. The minimum Gasteiger partial charge on any atom is -0.489 e. The molecule has 1 unspecified atom stereocenters. The molecule has 6 heteroatoms. The number of aromatic nitrogens is 2. The molecule has 1 aliphatic rings. The van der Waals surface area contributed by atoms with Gasteiger partial charge in [0.25, 0.3) is 5.22 Å². The first-order valence-corrected chi connectivity index (χ1v) is 6.73. The Bertz CT molecular complexity index is 519. The number of para-hydroxylation sites is 1. The van der Waals surface area contributed by atoms with Gasteiger partial charge in [0.05, 0.1) is 6.54 Å². The van der Waals surface area contributed by atoms with E-state index in [1.54, 1.807) is 0 Å². The molecule has 18 heavy (non-hydrogen) atoms. The van der Waals surface area contributed by atoms with Gasteiger partial charge in [-0.15, -0.1) is 10.2 Å². The molecule has 0 fully saturated rings. The van der Waals surface area contributed by atoms with Crippen molar-refractivity contribution in [2.75, 3.05) is 5.75 Å². The van der Waals surface area contributed by atoms with Crippen LogP contribution in [0.2, 0.25) is 0 Å². The van der Waals surface area contributed by atoms with Gasteiger partial charge in [-0.25, -0.2) is 0 Å². The molecule has 2 aromatic rings. The van der Waals surface area contributed by atoms with E-state index in [2.05, 4.69) is 16.3 Å².